The Kier molecular flexibility index (Phi) is 6.50. The second-order valence-corrected chi connectivity index (χ2v) is 6.82. The molecule has 0 spiro atoms. The van der Waals surface area contributed by atoms with Crippen molar-refractivity contribution in [2.24, 2.45) is 11.8 Å². The van der Waals surface area contributed by atoms with Gasteiger partial charge in [0.2, 0.25) is 0 Å². The van der Waals surface area contributed by atoms with E-state index in [1.807, 2.05) is 6.07 Å². The summed E-state index contributed by atoms with van der Waals surface area (Å²) in [5, 5.41) is 28.9. The number of phenols is 3. The molecule has 140 valence electrons. The molecule has 5 nitrogen and oxygen atoms in total. The van der Waals surface area contributed by atoms with Crippen molar-refractivity contribution in [3.8, 4) is 23.0 Å². The van der Waals surface area contributed by atoms with Crippen LogP contribution in [-0.4, -0.2) is 21.3 Å². The van der Waals surface area contributed by atoms with E-state index in [4.69, 9.17) is 4.74 Å². The van der Waals surface area contributed by atoms with Crippen LogP contribution in [0.5, 0.6) is 23.0 Å². The van der Waals surface area contributed by atoms with Crippen LogP contribution in [0, 0.1) is 11.8 Å². The van der Waals surface area contributed by atoms with E-state index >= 15 is 0 Å². The lowest BCUT2D eigenvalue weighted by Gasteiger charge is -2.21. The van der Waals surface area contributed by atoms with Crippen LogP contribution in [0.2, 0.25) is 0 Å². The van der Waals surface area contributed by atoms with Crippen LogP contribution in [0.25, 0.3) is 0 Å². The number of carbonyl (C=O) groups excluding carboxylic acids is 1. The summed E-state index contributed by atoms with van der Waals surface area (Å²) in [5.74, 6) is 0.190. The summed E-state index contributed by atoms with van der Waals surface area (Å²) in [7, 11) is 0. The highest BCUT2D eigenvalue weighted by Gasteiger charge is 2.16. The van der Waals surface area contributed by atoms with Crippen LogP contribution in [0.3, 0.4) is 0 Å². The second kappa shape index (κ2) is 8.61. The molecule has 0 saturated carbocycles. The Hall–Kier alpha value is -2.69. The average Bonchev–Trinajstić information content (AvgIpc) is 2.60. The number of carbonyl (C=O) groups is 1. The van der Waals surface area contributed by atoms with E-state index in [1.54, 1.807) is 31.2 Å². The summed E-state index contributed by atoms with van der Waals surface area (Å²) < 4.78 is 5.16. The van der Waals surface area contributed by atoms with E-state index in [0.717, 1.165) is 24.0 Å². The summed E-state index contributed by atoms with van der Waals surface area (Å²) in [6.07, 6.45) is 1.78. The molecule has 0 aliphatic heterocycles. The van der Waals surface area contributed by atoms with Crippen LogP contribution in [-0.2, 0) is 17.6 Å². The quantitative estimate of drug-likeness (QED) is 0.393. The third kappa shape index (κ3) is 5.15. The first-order valence-corrected chi connectivity index (χ1v) is 8.83. The highest BCUT2D eigenvalue weighted by atomic mass is 16.5. The zero-order chi connectivity index (χ0) is 19.3. The lowest BCUT2D eigenvalue weighted by atomic mass is 9.85. The highest BCUT2D eigenvalue weighted by molar-refractivity contribution is 5.72. The molecule has 0 fully saturated rings. The molecule has 0 saturated heterocycles. The van der Waals surface area contributed by atoms with E-state index in [2.05, 4.69) is 13.8 Å². The number of aromatic hydroxyl groups is 3. The van der Waals surface area contributed by atoms with Crippen molar-refractivity contribution in [3.05, 3.63) is 47.5 Å². The van der Waals surface area contributed by atoms with Crippen LogP contribution in [0.1, 0.15) is 38.3 Å². The van der Waals surface area contributed by atoms with Crippen molar-refractivity contribution in [1.29, 1.82) is 0 Å². The smallest absolute Gasteiger partial charge is 0.311 e. The monoisotopic (exact) mass is 358 g/mol. The standard InChI is InChI=1S/C21H26O5/c1-4-21(25)26-20-12-16(6-8-18(20)23)10-14(3)13(2)9-15-5-7-17(22)19(24)11-15/h5-8,11-14,22-24H,4,9-10H2,1-3H3/t13-,14+/m0/s1. The van der Waals surface area contributed by atoms with Gasteiger partial charge in [0.25, 0.3) is 0 Å². The van der Waals surface area contributed by atoms with Crippen LogP contribution in [0.15, 0.2) is 36.4 Å². The molecule has 0 aliphatic carbocycles. The van der Waals surface area contributed by atoms with Gasteiger partial charge in [0.15, 0.2) is 23.0 Å². The number of esters is 1. The zero-order valence-corrected chi connectivity index (χ0v) is 15.4. The second-order valence-electron chi connectivity index (χ2n) is 6.82. The van der Waals surface area contributed by atoms with Crippen molar-refractivity contribution < 1.29 is 24.9 Å². The predicted octanol–water partition coefficient (Wildman–Crippen LogP) is 4.18. The predicted molar refractivity (Wildman–Crippen MR) is 99.5 cm³/mol. The Bertz CT molecular complexity index is 769. The number of hydrogen-bond donors (Lipinski definition) is 3. The van der Waals surface area contributed by atoms with Gasteiger partial charge in [0, 0.05) is 6.42 Å². The number of rotatable bonds is 7. The maximum Gasteiger partial charge on any atom is 0.311 e. The first kappa shape index (κ1) is 19.6. The number of hydrogen-bond acceptors (Lipinski definition) is 5. The fourth-order valence-electron chi connectivity index (χ4n) is 2.80. The third-order valence-electron chi connectivity index (χ3n) is 4.66. The van der Waals surface area contributed by atoms with Crippen molar-refractivity contribution in [2.75, 3.05) is 0 Å². The first-order valence-electron chi connectivity index (χ1n) is 8.83. The lowest BCUT2D eigenvalue weighted by molar-refractivity contribution is -0.134. The fourth-order valence-corrected chi connectivity index (χ4v) is 2.80. The van der Waals surface area contributed by atoms with Crippen LogP contribution >= 0.6 is 0 Å². The number of ether oxygens (including phenoxy) is 1. The van der Waals surface area contributed by atoms with Gasteiger partial charge in [-0.1, -0.05) is 32.9 Å². The summed E-state index contributed by atoms with van der Waals surface area (Å²) in [4.78, 5) is 11.5. The Balaban J connectivity index is 2.03. The molecule has 0 aromatic heterocycles. The average molecular weight is 358 g/mol. The van der Waals surface area contributed by atoms with E-state index in [9.17, 15) is 20.1 Å². The number of benzene rings is 2. The molecule has 0 amide bonds. The van der Waals surface area contributed by atoms with Crippen molar-refractivity contribution in [1.82, 2.24) is 0 Å². The van der Waals surface area contributed by atoms with Gasteiger partial charge in [-0.25, -0.2) is 0 Å². The molecule has 2 aromatic rings. The van der Waals surface area contributed by atoms with Gasteiger partial charge in [-0.05, 0) is 60.1 Å². The van der Waals surface area contributed by atoms with Gasteiger partial charge in [0.05, 0.1) is 0 Å². The summed E-state index contributed by atoms with van der Waals surface area (Å²) >= 11 is 0. The van der Waals surface area contributed by atoms with Crippen LogP contribution < -0.4 is 4.74 Å². The molecule has 0 radical (unpaired) electrons. The molecule has 0 bridgehead atoms. The van der Waals surface area contributed by atoms with Gasteiger partial charge < -0.3 is 20.1 Å². The first-order chi connectivity index (χ1) is 12.3. The van der Waals surface area contributed by atoms with Gasteiger partial charge in [-0.2, -0.15) is 0 Å². The van der Waals surface area contributed by atoms with Gasteiger partial charge in [0.1, 0.15) is 0 Å². The molecule has 0 heterocycles. The zero-order valence-electron chi connectivity index (χ0n) is 15.4. The lowest BCUT2D eigenvalue weighted by Crippen LogP contribution is -2.14. The Labute approximate surface area is 153 Å². The minimum absolute atomic E-state index is 0.0455. The maximum absolute atomic E-state index is 11.5. The van der Waals surface area contributed by atoms with E-state index in [1.165, 1.54) is 6.07 Å². The van der Waals surface area contributed by atoms with Crippen LogP contribution in [0.4, 0.5) is 0 Å². The highest BCUT2D eigenvalue weighted by Crippen LogP contribution is 2.31. The molecule has 3 N–H and O–H groups in total. The molecular weight excluding hydrogens is 332 g/mol. The molecule has 5 heteroatoms. The van der Waals surface area contributed by atoms with Gasteiger partial charge in [-0.15, -0.1) is 0 Å². The Morgan fingerprint density at radius 2 is 1.42 bits per heavy atom. The van der Waals surface area contributed by atoms with Gasteiger partial charge >= 0.3 is 5.97 Å². The van der Waals surface area contributed by atoms with E-state index in [0.29, 0.717) is 11.8 Å². The van der Waals surface area contributed by atoms with Crippen molar-refractivity contribution >= 4 is 5.97 Å². The summed E-state index contributed by atoms with van der Waals surface area (Å²) in [6, 6.07) is 9.97. The summed E-state index contributed by atoms with van der Waals surface area (Å²) in [5.41, 5.74) is 1.94. The third-order valence-corrected chi connectivity index (χ3v) is 4.66. The fraction of sp³-hybridized carbons (Fsp3) is 0.381. The van der Waals surface area contributed by atoms with Gasteiger partial charge in [-0.3, -0.25) is 4.79 Å². The summed E-state index contributed by atoms with van der Waals surface area (Å²) in [6.45, 7) is 5.97. The Morgan fingerprint density at radius 1 is 0.885 bits per heavy atom. The Morgan fingerprint density at radius 3 is 1.96 bits per heavy atom. The molecule has 2 rings (SSSR count). The minimum atomic E-state index is -0.383. The SMILES string of the molecule is CCC(=O)Oc1cc(C[C@@H](C)[C@@H](C)Cc2ccc(O)c(O)c2)ccc1O. The number of phenolic OH excluding ortho intramolecular Hbond substituents is 3. The normalized spacial score (nSPS) is 13.2. The largest absolute Gasteiger partial charge is 0.504 e. The molecule has 2 atom stereocenters. The van der Waals surface area contributed by atoms with Crippen molar-refractivity contribution in [2.45, 2.75) is 40.0 Å². The topological polar surface area (TPSA) is 87.0 Å². The maximum atomic E-state index is 11.5. The van der Waals surface area contributed by atoms with E-state index in [-0.39, 0.29) is 35.4 Å². The minimum Gasteiger partial charge on any atom is -0.504 e. The van der Waals surface area contributed by atoms with E-state index < -0.39 is 0 Å². The molecule has 2 aromatic carbocycles. The molecule has 0 unspecified atom stereocenters. The molecular formula is C21H26O5. The van der Waals surface area contributed by atoms with Crippen molar-refractivity contribution in [3.63, 3.8) is 0 Å². The molecule has 26 heavy (non-hydrogen) atoms. The molecule has 0 aliphatic rings.